The monoisotopic (exact) mass is 413 g/mol. The summed E-state index contributed by atoms with van der Waals surface area (Å²) in [5, 5.41) is 14.5. The summed E-state index contributed by atoms with van der Waals surface area (Å²) in [6.07, 6.45) is 8.66. The van der Waals surface area contributed by atoms with Crippen LogP contribution in [0.2, 0.25) is 0 Å². The fraction of sp³-hybridized carbons (Fsp3) is 0.316. The number of nitrogens with zero attached hydrogens (tertiary/aromatic N) is 4. The molecule has 1 aliphatic carbocycles. The second kappa shape index (κ2) is 7.63. The molecule has 9 nitrogen and oxygen atoms in total. The highest BCUT2D eigenvalue weighted by molar-refractivity contribution is 7.16. The van der Waals surface area contributed by atoms with E-state index in [4.69, 9.17) is 5.73 Å². The SMILES string of the molecule is Nc1c(/C=C2/C=CC(=O)C(O)=C2)c(=O)nc2sc(CC(=O)N3CCCCC3)nn12. The van der Waals surface area contributed by atoms with Crippen LogP contribution in [0, 0.1) is 0 Å². The molecule has 4 rings (SSSR count). The number of amides is 1. The largest absolute Gasteiger partial charge is 0.504 e. The number of aliphatic hydroxyl groups excluding tert-OH is 1. The standard InChI is InChI=1S/C19H19N5O4S/c20-17-12(8-11-4-5-13(25)14(26)9-11)18(28)21-19-24(17)22-15(29-19)10-16(27)23-6-2-1-3-7-23/h4-5,8-9,26H,1-3,6-7,10,20H2/b11-8-. The van der Waals surface area contributed by atoms with Crippen molar-refractivity contribution in [2.45, 2.75) is 25.7 Å². The second-order valence-electron chi connectivity index (χ2n) is 6.90. The Kier molecular flexibility index (Phi) is 5.01. The molecule has 0 spiro atoms. The van der Waals surface area contributed by atoms with Crippen molar-refractivity contribution in [3.8, 4) is 0 Å². The maximum atomic E-state index is 12.5. The van der Waals surface area contributed by atoms with Crippen molar-refractivity contribution in [3.05, 3.63) is 50.5 Å². The van der Waals surface area contributed by atoms with Crippen LogP contribution in [-0.2, 0) is 16.0 Å². The van der Waals surface area contributed by atoms with Gasteiger partial charge >= 0.3 is 0 Å². The third-order valence-corrected chi connectivity index (χ3v) is 5.75. The van der Waals surface area contributed by atoms with Crippen molar-refractivity contribution in [2.75, 3.05) is 18.8 Å². The van der Waals surface area contributed by atoms with Crippen LogP contribution < -0.4 is 11.3 Å². The second-order valence-corrected chi connectivity index (χ2v) is 7.94. The summed E-state index contributed by atoms with van der Waals surface area (Å²) in [7, 11) is 0. The number of nitrogens with two attached hydrogens (primary N) is 1. The fourth-order valence-electron chi connectivity index (χ4n) is 3.30. The number of ketones is 1. The van der Waals surface area contributed by atoms with Crippen LogP contribution in [0.3, 0.4) is 0 Å². The van der Waals surface area contributed by atoms with E-state index in [1.165, 1.54) is 28.8 Å². The quantitative estimate of drug-likeness (QED) is 0.774. The molecular weight excluding hydrogens is 394 g/mol. The Bertz CT molecular complexity index is 1150. The lowest BCUT2D eigenvalue weighted by Crippen LogP contribution is -2.36. The van der Waals surface area contributed by atoms with Crippen LogP contribution in [0.25, 0.3) is 11.0 Å². The molecule has 1 aliphatic heterocycles. The minimum Gasteiger partial charge on any atom is -0.504 e. The van der Waals surface area contributed by atoms with Crippen LogP contribution >= 0.6 is 11.3 Å². The molecule has 1 amide bonds. The lowest BCUT2D eigenvalue weighted by atomic mass is 10.1. The van der Waals surface area contributed by atoms with Crippen LogP contribution in [0.4, 0.5) is 5.82 Å². The molecule has 0 radical (unpaired) electrons. The van der Waals surface area contributed by atoms with Gasteiger partial charge in [-0.3, -0.25) is 14.4 Å². The van der Waals surface area contributed by atoms with E-state index in [9.17, 15) is 19.5 Å². The third-order valence-electron chi connectivity index (χ3n) is 4.84. The molecule has 0 unspecified atom stereocenters. The van der Waals surface area contributed by atoms with Gasteiger partial charge in [0.05, 0.1) is 12.0 Å². The van der Waals surface area contributed by atoms with Gasteiger partial charge < -0.3 is 15.7 Å². The number of likely N-dealkylation sites (tertiary alicyclic amines) is 1. The van der Waals surface area contributed by atoms with Gasteiger partial charge in [0.25, 0.3) is 5.56 Å². The van der Waals surface area contributed by atoms with Crippen molar-refractivity contribution < 1.29 is 14.7 Å². The number of fused-ring (bicyclic) bond motifs is 1. The third kappa shape index (κ3) is 3.83. The zero-order valence-corrected chi connectivity index (χ0v) is 16.3. The van der Waals surface area contributed by atoms with E-state index in [1.807, 2.05) is 4.90 Å². The van der Waals surface area contributed by atoms with Gasteiger partial charge in [0.2, 0.25) is 16.7 Å². The molecule has 1 fully saturated rings. The van der Waals surface area contributed by atoms with Gasteiger partial charge in [-0.15, -0.1) is 0 Å². The van der Waals surface area contributed by atoms with Crippen molar-refractivity contribution in [1.82, 2.24) is 19.5 Å². The number of carbonyl (C=O) groups is 2. The predicted octanol–water partition coefficient (Wildman–Crippen LogP) is 1.25. The molecule has 3 heterocycles. The minimum atomic E-state index is -0.550. The van der Waals surface area contributed by atoms with E-state index in [0.717, 1.165) is 43.7 Å². The number of hydrogen-bond acceptors (Lipinski definition) is 8. The molecule has 10 heteroatoms. The maximum absolute atomic E-state index is 12.5. The molecule has 2 aromatic heterocycles. The van der Waals surface area contributed by atoms with Gasteiger partial charge in [0.1, 0.15) is 10.8 Å². The molecule has 0 aromatic carbocycles. The maximum Gasteiger partial charge on any atom is 0.283 e. The summed E-state index contributed by atoms with van der Waals surface area (Å²) in [4.78, 5) is 42.4. The number of piperidine rings is 1. The van der Waals surface area contributed by atoms with E-state index in [0.29, 0.717) is 15.5 Å². The Hall–Kier alpha value is -3.27. The van der Waals surface area contributed by atoms with E-state index in [-0.39, 0.29) is 23.7 Å². The highest BCUT2D eigenvalue weighted by atomic mass is 32.1. The Morgan fingerprint density at radius 2 is 2.00 bits per heavy atom. The molecule has 150 valence electrons. The summed E-state index contributed by atoms with van der Waals surface area (Å²) in [5.41, 5.74) is 6.12. The normalized spacial score (nSPS) is 18.5. The molecule has 2 aliphatic rings. The molecule has 2 aromatic rings. The zero-order chi connectivity index (χ0) is 20.5. The molecule has 29 heavy (non-hydrogen) atoms. The molecule has 0 saturated carbocycles. The first-order valence-electron chi connectivity index (χ1n) is 9.23. The van der Waals surface area contributed by atoms with Crippen molar-refractivity contribution in [1.29, 1.82) is 0 Å². The highest BCUT2D eigenvalue weighted by Crippen LogP contribution is 2.21. The Morgan fingerprint density at radius 3 is 2.72 bits per heavy atom. The summed E-state index contributed by atoms with van der Waals surface area (Å²) >= 11 is 1.16. The first kappa shape index (κ1) is 19.1. The summed E-state index contributed by atoms with van der Waals surface area (Å²) < 4.78 is 1.35. The lowest BCUT2D eigenvalue weighted by molar-refractivity contribution is -0.131. The number of aromatic nitrogens is 3. The molecule has 0 atom stereocenters. The van der Waals surface area contributed by atoms with E-state index in [1.54, 1.807) is 0 Å². The Morgan fingerprint density at radius 1 is 1.24 bits per heavy atom. The van der Waals surface area contributed by atoms with Gasteiger partial charge in [-0.1, -0.05) is 17.4 Å². The Labute approximate surface area is 169 Å². The minimum absolute atomic E-state index is 0.00485. The van der Waals surface area contributed by atoms with Gasteiger partial charge in [0, 0.05) is 13.1 Å². The molecule has 0 bridgehead atoms. The first-order valence-corrected chi connectivity index (χ1v) is 10.0. The van der Waals surface area contributed by atoms with Crippen LogP contribution in [0.15, 0.2) is 34.4 Å². The van der Waals surface area contributed by atoms with Crippen LogP contribution in [0.5, 0.6) is 0 Å². The number of allylic oxidation sites excluding steroid dienone is 4. The zero-order valence-electron chi connectivity index (χ0n) is 15.5. The predicted molar refractivity (Wildman–Crippen MR) is 109 cm³/mol. The molecule has 1 saturated heterocycles. The topological polar surface area (TPSA) is 131 Å². The van der Waals surface area contributed by atoms with Crippen molar-refractivity contribution >= 4 is 39.9 Å². The average molecular weight is 413 g/mol. The van der Waals surface area contributed by atoms with Crippen LogP contribution in [0.1, 0.15) is 29.8 Å². The van der Waals surface area contributed by atoms with Gasteiger partial charge in [0.15, 0.2) is 5.76 Å². The van der Waals surface area contributed by atoms with Crippen molar-refractivity contribution in [2.24, 2.45) is 0 Å². The molecule has 3 N–H and O–H groups in total. The first-order chi connectivity index (χ1) is 13.9. The smallest absolute Gasteiger partial charge is 0.283 e. The van der Waals surface area contributed by atoms with Crippen LogP contribution in [-0.4, -0.2) is 49.4 Å². The van der Waals surface area contributed by atoms with Gasteiger partial charge in [-0.05, 0) is 43.1 Å². The van der Waals surface area contributed by atoms with E-state index in [2.05, 4.69) is 10.1 Å². The number of carbonyl (C=O) groups excluding carboxylic acids is 2. The summed E-state index contributed by atoms with van der Waals surface area (Å²) in [6.45, 7) is 1.52. The Balaban J connectivity index is 1.65. The fourth-order valence-corrected chi connectivity index (χ4v) is 4.19. The summed E-state index contributed by atoms with van der Waals surface area (Å²) in [6, 6.07) is 0. The van der Waals surface area contributed by atoms with Gasteiger partial charge in [-0.2, -0.15) is 14.6 Å². The number of nitrogen functional groups attached to an aromatic ring is 1. The summed E-state index contributed by atoms with van der Waals surface area (Å²) in [5.74, 6) is -0.842. The van der Waals surface area contributed by atoms with E-state index < -0.39 is 17.1 Å². The van der Waals surface area contributed by atoms with E-state index >= 15 is 0 Å². The lowest BCUT2D eigenvalue weighted by Gasteiger charge is -2.26. The van der Waals surface area contributed by atoms with Gasteiger partial charge in [-0.25, -0.2) is 0 Å². The number of aliphatic hydroxyl groups is 1. The highest BCUT2D eigenvalue weighted by Gasteiger charge is 2.20. The van der Waals surface area contributed by atoms with Crippen molar-refractivity contribution in [3.63, 3.8) is 0 Å². The number of anilines is 1. The molecular formula is C19H19N5O4S. The number of rotatable bonds is 3. The number of hydrogen-bond donors (Lipinski definition) is 2. The average Bonchev–Trinajstić information content (AvgIpc) is 3.11.